The van der Waals surface area contributed by atoms with Crippen molar-refractivity contribution in [3.05, 3.63) is 58.5 Å². The Labute approximate surface area is 126 Å². The van der Waals surface area contributed by atoms with Gasteiger partial charge in [-0.25, -0.2) is 0 Å². The van der Waals surface area contributed by atoms with E-state index in [0.29, 0.717) is 5.22 Å². The Bertz CT molecular complexity index is 518. The third kappa shape index (κ3) is 3.87. The maximum atomic E-state index is 5.90. The molecule has 1 atom stereocenters. The van der Waals surface area contributed by atoms with Gasteiger partial charge < -0.3 is 9.73 Å². The van der Waals surface area contributed by atoms with Crippen LogP contribution in [0.4, 0.5) is 0 Å². The highest BCUT2D eigenvalue weighted by Gasteiger charge is 2.16. The van der Waals surface area contributed by atoms with Crippen LogP contribution >= 0.6 is 11.6 Å². The number of benzene rings is 1. The monoisotopic (exact) mass is 291 g/mol. The number of hydrogen-bond donors (Lipinski definition) is 1. The fourth-order valence-corrected chi connectivity index (χ4v) is 2.47. The fraction of sp³-hybridized carbons (Fsp3) is 0.412. The van der Waals surface area contributed by atoms with Crippen LogP contribution in [0.1, 0.15) is 49.6 Å². The molecule has 0 aliphatic carbocycles. The van der Waals surface area contributed by atoms with E-state index in [9.17, 15) is 0 Å². The number of hydrogen-bond acceptors (Lipinski definition) is 2. The van der Waals surface area contributed by atoms with Crippen LogP contribution < -0.4 is 5.32 Å². The molecule has 3 heteroatoms. The average Bonchev–Trinajstić information content (AvgIpc) is 2.88. The predicted molar refractivity (Wildman–Crippen MR) is 84.3 cm³/mol. The second-order valence-corrected chi connectivity index (χ2v) is 5.39. The molecule has 2 aromatic rings. The first-order valence-electron chi connectivity index (χ1n) is 7.32. The number of halogens is 1. The summed E-state index contributed by atoms with van der Waals surface area (Å²) in [4.78, 5) is 0. The first-order valence-corrected chi connectivity index (χ1v) is 7.69. The molecule has 2 nitrogen and oxygen atoms in total. The molecule has 0 aliphatic heterocycles. The third-order valence-corrected chi connectivity index (χ3v) is 3.53. The first kappa shape index (κ1) is 15.1. The largest absolute Gasteiger partial charge is 0.448 e. The van der Waals surface area contributed by atoms with E-state index in [1.165, 1.54) is 17.5 Å². The van der Waals surface area contributed by atoms with E-state index in [-0.39, 0.29) is 6.04 Å². The van der Waals surface area contributed by atoms with E-state index in [1.54, 1.807) is 6.07 Å². The Morgan fingerprint density at radius 2 is 1.80 bits per heavy atom. The van der Waals surface area contributed by atoms with Gasteiger partial charge in [-0.15, -0.1) is 0 Å². The molecule has 1 aromatic heterocycles. The van der Waals surface area contributed by atoms with Crippen LogP contribution in [-0.2, 0) is 6.42 Å². The zero-order valence-electron chi connectivity index (χ0n) is 12.2. The molecule has 2 rings (SSSR count). The van der Waals surface area contributed by atoms with Crippen molar-refractivity contribution in [3.63, 3.8) is 0 Å². The molecular weight excluding hydrogens is 270 g/mol. The summed E-state index contributed by atoms with van der Waals surface area (Å²) in [5, 5.41) is 3.95. The van der Waals surface area contributed by atoms with E-state index >= 15 is 0 Å². The minimum Gasteiger partial charge on any atom is -0.448 e. The molecule has 1 unspecified atom stereocenters. The lowest BCUT2D eigenvalue weighted by molar-refractivity contribution is 0.448. The first-order chi connectivity index (χ1) is 9.74. The summed E-state index contributed by atoms with van der Waals surface area (Å²) in [5.41, 5.74) is 2.59. The summed E-state index contributed by atoms with van der Waals surface area (Å²) in [6.45, 7) is 5.30. The summed E-state index contributed by atoms with van der Waals surface area (Å²) in [5.74, 6) is 0.867. The molecule has 0 bridgehead atoms. The van der Waals surface area contributed by atoms with Crippen molar-refractivity contribution in [3.8, 4) is 0 Å². The molecule has 0 saturated carbocycles. The standard InChI is InChI=1S/C17H22ClNO/c1-3-5-13-6-8-14(9-7-13)17(19-12-4-2)15-10-11-16(18)20-15/h6-11,17,19H,3-5,12H2,1-2H3. The summed E-state index contributed by atoms with van der Waals surface area (Å²) >= 11 is 5.90. The highest BCUT2D eigenvalue weighted by Crippen LogP contribution is 2.26. The summed E-state index contributed by atoms with van der Waals surface area (Å²) < 4.78 is 5.58. The normalized spacial score (nSPS) is 12.6. The van der Waals surface area contributed by atoms with Crippen LogP contribution in [0.15, 0.2) is 40.8 Å². The molecule has 0 amide bonds. The number of aryl methyl sites for hydroxylation is 1. The lowest BCUT2D eigenvalue weighted by Crippen LogP contribution is -2.22. The van der Waals surface area contributed by atoms with Gasteiger partial charge in [-0.3, -0.25) is 0 Å². The van der Waals surface area contributed by atoms with Crippen molar-refractivity contribution in [2.75, 3.05) is 6.54 Å². The minimum absolute atomic E-state index is 0.0677. The minimum atomic E-state index is 0.0677. The Balaban J connectivity index is 2.21. The van der Waals surface area contributed by atoms with Crippen LogP contribution in [0.2, 0.25) is 5.22 Å². The Hall–Kier alpha value is -1.25. The molecule has 1 heterocycles. The van der Waals surface area contributed by atoms with Crippen molar-refractivity contribution >= 4 is 11.6 Å². The summed E-state index contributed by atoms with van der Waals surface area (Å²) in [6, 6.07) is 12.5. The molecule has 1 aromatic carbocycles. The Morgan fingerprint density at radius 1 is 1.05 bits per heavy atom. The van der Waals surface area contributed by atoms with Gasteiger partial charge in [0.2, 0.25) is 0 Å². The number of nitrogens with one attached hydrogen (secondary N) is 1. The maximum absolute atomic E-state index is 5.90. The smallest absolute Gasteiger partial charge is 0.193 e. The van der Waals surface area contributed by atoms with Crippen molar-refractivity contribution in [1.82, 2.24) is 5.32 Å². The van der Waals surface area contributed by atoms with Crippen molar-refractivity contribution in [1.29, 1.82) is 0 Å². The van der Waals surface area contributed by atoms with Crippen LogP contribution in [0.25, 0.3) is 0 Å². The van der Waals surface area contributed by atoms with Gasteiger partial charge in [0.25, 0.3) is 0 Å². The van der Waals surface area contributed by atoms with E-state index in [4.69, 9.17) is 16.0 Å². The average molecular weight is 292 g/mol. The molecule has 108 valence electrons. The van der Waals surface area contributed by atoms with Gasteiger partial charge in [0.15, 0.2) is 5.22 Å². The molecule has 0 fully saturated rings. The van der Waals surface area contributed by atoms with Crippen LogP contribution in [0.3, 0.4) is 0 Å². The van der Waals surface area contributed by atoms with Gasteiger partial charge in [-0.2, -0.15) is 0 Å². The highest BCUT2D eigenvalue weighted by atomic mass is 35.5. The van der Waals surface area contributed by atoms with Gasteiger partial charge in [0, 0.05) is 0 Å². The van der Waals surface area contributed by atoms with Crippen molar-refractivity contribution in [2.24, 2.45) is 0 Å². The van der Waals surface area contributed by atoms with E-state index in [0.717, 1.165) is 25.1 Å². The molecule has 0 aliphatic rings. The van der Waals surface area contributed by atoms with Crippen LogP contribution in [0.5, 0.6) is 0 Å². The predicted octanol–water partition coefficient (Wildman–Crippen LogP) is 4.97. The molecule has 0 radical (unpaired) electrons. The summed E-state index contributed by atoms with van der Waals surface area (Å²) in [7, 11) is 0. The third-order valence-electron chi connectivity index (χ3n) is 3.33. The fourth-order valence-electron chi connectivity index (χ4n) is 2.32. The van der Waals surface area contributed by atoms with Gasteiger partial charge in [0.05, 0.1) is 6.04 Å². The molecule has 20 heavy (non-hydrogen) atoms. The Morgan fingerprint density at radius 3 is 2.35 bits per heavy atom. The lowest BCUT2D eigenvalue weighted by Gasteiger charge is -2.17. The maximum Gasteiger partial charge on any atom is 0.193 e. The van der Waals surface area contributed by atoms with Crippen molar-refractivity contribution in [2.45, 2.75) is 39.2 Å². The van der Waals surface area contributed by atoms with Crippen molar-refractivity contribution < 1.29 is 4.42 Å². The van der Waals surface area contributed by atoms with Gasteiger partial charge >= 0.3 is 0 Å². The molecule has 0 spiro atoms. The SMILES string of the molecule is CCCNC(c1ccc(CCC)cc1)c1ccc(Cl)o1. The topological polar surface area (TPSA) is 25.2 Å². The van der Waals surface area contributed by atoms with Crippen LogP contribution in [-0.4, -0.2) is 6.54 Å². The quantitative estimate of drug-likeness (QED) is 0.779. The molecule has 1 N–H and O–H groups in total. The second-order valence-electron chi connectivity index (χ2n) is 5.02. The zero-order valence-corrected chi connectivity index (χ0v) is 12.9. The Kier molecular flexibility index (Phi) is 5.69. The molecular formula is C17H22ClNO. The van der Waals surface area contributed by atoms with E-state index < -0.39 is 0 Å². The lowest BCUT2D eigenvalue weighted by atomic mass is 10.0. The second kappa shape index (κ2) is 7.51. The number of furan rings is 1. The number of rotatable bonds is 7. The highest BCUT2D eigenvalue weighted by molar-refractivity contribution is 6.28. The van der Waals surface area contributed by atoms with Gasteiger partial charge in [0.1, 0.15) is 5.76 Å². The van der Waals surface area contributed by atoms with Crippen LogP contribution in [0, 0.1) is 0 Å². The van der Waals surface area contributed by atoms with Gasteiger partial charge in [-0.1, -0.05) is 44.5 Å². The van der Waals surface area contributed by atoms with E-state index in [1.807, 2.05) is 6.07 Å². The van der Waals surface area contributed by atoms with E-state index in [2.05, 4.69) is 43.4 Å². The summed E-state index contributed by atoms with van der Waals surface area (Å²) in [6.07, 6.45) is 3.38. The zero-order chi connectivity index (χ0) is 14.4. The molecule has 0 saturated heterocycles. The van der Waals surface area contributed by atoms with Gasteiger partial charge in [-0.05, 0) is 54.2 Å².